The van der Waals surface area contributed by atoms with Crippen molar-refractivity contribution in [3.63, 3.8) is 0 Å². The number of aliphatic hydroxyl groups is 1. The van der Waals surface area contributed by atoms with Crippen LogP contribution in [0.2, 0.25) is 0 Å². The van der Waals surface area contributed by atoms with Crippen LogP contribution in [0.15, 0.2) is 18.5 Å². The van der Waals surface area contributed by atoms with E-state index in [9.17, 15) is 14.7 Å². The fraction of sp³-hybridized carbons (Fsp3) is 0.300. The molecule has 1 amide bonds. The lowest BCUT2D eigenvalue weighted by molar-refractivity contribution is -0.117. The summed E-state index contributed by atoms with van der Waals surface area (Å²) in [5.41, 5.74) is 0.244. The molecule has 1 unspecified atom stereocenters. The molecule has 0 aromatic carbocycles. The third kappa shape index (κ3) is 1.74. The summed E-state index contributed by atoms with van der Waals surface area (Å²) >= 11 is 0. The molecule has 2 rings (SSSR count). The van der Waals surface area contributed by atoms with Crippen LogP contribution in [0, 0.1) is 0 Å². The van der Waals surface area contributed by atoms with E-state index in [4.69, 9.17) is 5.11 Å². The number of amides is 1. The van der Waals surface area contributed by atoms with Gasteiger partial charge in [0.25, 0.3) is 0 Å². The second-order valence-electron chi connectivity index (χ2n) is 3.56. The maximum atomic E-state index is 11.5. The standard InChI is InChI=1S/C10H10N2O4/c13-6-3-9(14)12(5-6)8-1-2-11-4-7(8)10(15)16/h1-2,4,6,13H,3,5H2,(H,15,16). The summed E-state index contributed by atoms with van der Waals surface area (Å²) in [7, 11) is 0. The van der Waals surface area contributed by atoms with Gasteiger partial charge in [-0.05, 0) is 6.07 Å². The Bertz CT molecular complexity index is 446. The summed E-state index contributed by atoms with van der Waals surface area (Å²) in [4.78, 5) is 27.4. The molecule has 1 saturated heterocycles. The van der Waals surface area contributed by atoms with E-state index >= 15 is 0 Å². The van der Waals surface area contributed by atoms with E-state index in [2.05, 4.69) is 4.98 Å². The van der Waals surface area contributed by atoms with E-state index in [1.54, 1.807) is 0 Å². The molecule has 84 valence electrons. The van der Waals surface area contributed by atoms with Crippen molar-refractivity contribution in [3.05, 3.63) is 24.0 Å². The zero-order valence-corrected chi connectivity index (χ0v) is 8.33. The molecule has 16 heavy (non-hydrogen) atoms. The smallest absolute Gasteiger partial charge is 0.339 e. The van der Waals surface area contributed by atoms with Gasteiger partial charge in [-0.15, -0.1) is 0 Å². The Hall–Kier alpha value is -1.95. The van der Waals surface area contributed by atoms with Crippen LogP contribution >= 0.6 is 0 Å². The number of carbonyl (C=O) groups is 2. The van der Waals surface area contributed by atoms with Gasteiger partial charge in [-0.1, -0.05) is 0 Å². The van der Waals surface area contributed by atoms with E-state index in [-0.39, 0.29) is 30.1 Å². The maximum Gasteiger partial charge on any atom is 0.339 e. The van der Waals surface area contributed by atoms with Crippen LogP contribution in [-0.2, 0) is 4.79 Å². The van der Waals surface area contributed by atoms with Crippen molar-refractivity contribution < 1.29 is 19.8 Å². The molecule has 1 fully saturated rings. The zero-order chi connectivity index (χ0) is 11.7. The van der Waals surface area contributed by atoms with Gasteiger partial charge in [0, 0.05) is 12.4 Å². The lowest BCUT2D eigenvalue weighted by atomic mass is 10.2. The lowest BCUT2D eigenvalue weighted by Gasteiger charge is -2.17. The second-order valence-corrected chi connectivity index (χ2v) is 3.56. The first-order valence-corrected chi connectivity index (χ1v) is 4.75. The minimum atomic E-state index is -1.14. The van der Waals surface area contributed by atoms with Crippen molar-refractivity contribution in [2.45, 2.75) is 12.5 Å². The molecule has 2 heterocycles. The summed E-state index contributed by atoms with van der Waals surface area (Å²) in [6.45, 7) is 0.128. The Morgan fingerprint density at radius 3 is 2.88 bits per heavy atom. The predicted octanol–water partition coefficient (Wildman–Crippen LogP) is -0.123. The van der Waals surface area contributed by atoms with Gasteiger partial charge >= 0.3 is 5.97 Å². The number of aliphatic hydroxyl groups excluding tert-OH is 1. The average Bonchev–Trinajstić information content (AvgIpc) is 2.57. The van der Waals surface area contributed by atoms with Crippen LogP contribution in [0.5, 0.6) is 0 Å². The van der Waals surface area contributed by atoms with Crippen LogP contribution in [0.1, 0.15) is 16.8 Å². The van der Waals surface area contributed by atoms with Crippen molar-refractivity contribution in [3.8, 4) is 0 Å². The van der Waals surface area contributed by atoms with Gasteiger partial charge in [0.1, 0.15) is 5.56 Å². The fourth-order valence-corrected chi connectivity index (χ4v) is 1.71. The van der Waals surface area contributed by atoms with Crippen LogP contribution in [0.3, 0.4) is 0 Å². The first-order valence-electron chi connectivity index (χ1n) is 4.75. The SMILES string of the molecule is O=C(O)c1cnccc1N1CC(O)CC1=O. The quantitative estimate of drug-likeness (QED) is 0.727. The van der Waals surface area contributed by atoms with Crippen molar-refractivity contribution in [2.24, 2.45) is 0 Å². The van der Waals surface area contributed by atoms with Crippen LogP contribution in [0.25, 0.3) is 0 Å². The number of rotatable bonds is 2. The van der Waals surface area contributed by atoms with Gasteiger partial charge in [0.2, 0.25) is 5.91 Å². The number of anilines is 1. The van der Waals surface area contributed by atoms with Crippen LogP contribution in [-0.4, -0.2) is 39.7 Å². The number of aromatic carboxylic acids is 1. The summed E-state index contributed by atoms with van der Waals surface area (Å²) in [5, 5.41) is 18.3. The van der Waals surface area contributed by atoms with E-state index in [1.807, 2.05) is 0 Å². The van der Waals surface area contributed by atoms with E-state index < -0.39 is 12.1 Å². The normalized spacial score (nSPS) is 20.2. The molecule has 1 aliphatic rings. The van der Waals surface area contributed by atoms with E-state index in [0.717, 1.165) is 0 Å². The number of carboxylic acid groups (broad SMARTS) is 1. The molecule has 0 radical (unpaired) electrons. The molecule has 1 aliphatic heterocycles. The topological polar surface area (TPSA) is 90.7 Å². The Morgan fingerprint density at radius 1 is 1.56 bits per heavy atom. The lowest BCUT2D eigenvalue weighted by Crippen LogP contribution is -2.27. The van der Waals surface area contributed by atoms with Crippen molar-refractivity contribution in [1.29, 1.82) is 0 Å². The van der Waals surface area contributed by atoms with Crippen molar-refractivity contribution in [1.82, 2.24) is 4.98 Å². The highest BCUT2D eigenvalue weighted by atomic mass is 16.4. The highest BCUT2D eigenvalue weighted by Crippen LogP contribution is 2.24. The average molecular weight is 222 g/mol. The first-order chi connectivity index (χ1) is 7.59. The molecule has 0 saturated carbocycles. The van der Waals surface area contributed by atoms with Gasteiger partial charge in [-0.3, -0.25) is 9.78 Å². The molecule has 6 heteroatoms. The molecule has 0 aliphatic carbocycles. The van der Waals surface area contributed by atoms with E-state index in [1.165, 1.54) is 23.4 Å². The Labute approximate surface area is 91.1 Å². The van der Waals surface area contributed by atoms with Gasteiger partial charge in [0.05, 0.1) is 24.8 Å². The van der Waals surface area contributed by atoms with Crippen molar-refractivity contribution >= 4 is 17.6 Å². The first kappa shape index (κ1) is 10.6. The number of β-amino-alcohol motifs (C(OH)–C–C–N with tert-alkyl or cyclic N) is 1. The third-order valence-electron chi connectivity index (χ3n) is 2.42. The number of hydrogen-bond donors (Lipinski definition) is 2. The molecule has 1 atom stereocenters. The molecular formula is C10H10N2O4. The van der Waals surface area contributed by atoms with Crippen LogP contribution < -0.4 is 4.90 Å². The third-order valence-corrected chi connectivity index (χ3v) is 2.42. The molecular weight excluding hydrogens is 212 g/mol. The zero-order valence-electron chi connectivity index (χ0n) is 8.33. The molecule has 0 bridgehead atoms. The largest absolute Gasteiger partial charge is 0.478 e. The molecule has 1 aromatic rings. The highest BCUT2D eigenvalue weighted by molar-refractivity contribution is 6.03. The van der Waals surface area contributed by atoms with Gasteiger partial charge in [-0.2, -0.15) is 0 Å². The van der Waals surface area contributed by atoms with Gasteiger partial charge < -0.3 is 15.1 Å². The summed E-state index contributed by atoms with van der Waals surface area (Å²) < 4.78 is 0. The summed E-state index contributed by atoms with van der Waals surface area (Å²) in [6.07, 6.45) is 1.90. The molecule has 0 spiro atoms. The number of carbonyl (C=O) groups excluding carboxylic acids is 1. The predicted molar refractivity (Wildman–Crippen MR) is 54.2 cm³/mol. The molecule has 2 N–H and O–H groups in total. The molecule has 6 nitrogen and oxygen atoms in total. The monoisotopic (exact) mass is 222 g/mol. The number of pyridine rings is 1. The molecule has 1 aromatic heterocycles. The minimum Gasteiger partial charge on any atom is -0.478 e. The Kier molecular flexibility index (Phi) is 2.57. The highest BCUT2D eigenvalue weighted by Gasteiger charge is 2.31. The van der Waals surface area contributed by atoms with Crippen molar-refractivity contribution in [2.75, 3.05) is 11.4 Å². The van der Waals surface area contributed by atoms with Crippen LogP contribution in [0.4, 0.5) is 5.69 Å². The number of aromatic nitrogens is 1. The minimum absolute atomic E-state index is 0.0291. The van der Waals surface area contributed by atoms with Gasteiger partial charge in [0.15, 0.2) is 0 Å². The summed E-state index contributed by atoms with van der Waals surface area (Å²) in [5.74, 6) is -1.42. The maximum absolute atomic E-state index is 11.5. The second kappa shape index (κ2) is 3.90. The Morgan fingerprint density at radius 2 is 2.31 bits per heavy atom. The van der Waals surface area contributed by atoms with E-state index in [0.29, 0.717) is 0 Å². The fourth-order valence-electron chi connectivity index (χ4n) is 1.71. The number of carboxylic acids is 1. The number of hydrogen-bond acceptors (Lipinski definition) is 4. The number of nitrogens with zero attached hydrogens (tertiary/aromatic N) is 2. The van der Waals surface area contributed by atoms with Gasteiger partial charge in [-0.25, -0.2) is 4.79 Å². The summed E-state index contributed by atoms with van der Waals surface area (Å²) in [6, 6.07) is 1.46. The Balaban J connectivity index is 2.40.